The molecule has 1 amide bonds. The summed E-state index contributed by atoms with van der Waals surface area (Å²) in [5.74, 6) is -0.544. The molecule has 2 rings (SSSR count). The predicted octanol–water partition coefficient (Wildman–Crippen LogP) is 3.39. The van der Waals surface area contributed by atoms with Crippen molar-refractivity contribution in [3.05, 3.63) is 59.2 Å². The topological polar surface area (TPSA) is 81.7 Å². The van der Waals surface area contributed by atoms with Crippen LogP contribution in [0.1, 0.15) is 40.1 Å². The van der Waals surface area contributed by atoms with E-state index in [-0.39, 0.29) is 11.7 Å². The van der Waals surface area contributed by atoms with Crippen LogP contribution in [0.25, 0.3) is 0 Å². The number of rotatable bonds is 6. The third-order valence-electron chi connectivity index (χ3n) is 3.79. The molecule has 1 N–H and O–H groups in total. The normalized spacial score (nSPS) is 11.4. The molecule has 0 spiro atoms. The summed E-state index contributed by atoms with van der Waals surface area (Å²) in [5.41, 5.74) is 2.19. The summed E-state index contributed by atoms with van der Waals surface area (Å²) in [6.45, 7) is 4.79. The highest BCUT2D eigenvalue weighted by molar-refractivity contribution is 6.02. The maximum absolute atomic E-state index is 12.4. The summed E-state index contributed by atoms with van der Waals surface area (Å²) in [7, 11) is 1.52. The van der Waals surface area contributed by atoms with Gasteiger partial charge in [-0.25, -0.2) is 4.79 Å². The quantitative estimate of drug-likeness (QED) is 0.634. The van der Waals surface area contributed by atoms with E-state index in [0.717, 1.165) is 5.56 Å². The van der Waals surface area contributed by atoms with E-state index in [0.29, 0.717) is 22.6 Å². The van der Waals surface area contributed by atoms with Gasteiger partial charge >= 0.3 is 5.97 Å². The molecule has 0 saturated heterocycles. The molecule has 0 saturated carbocycles. The Balaban J connectivity index is 2.06. The van der Waals surface area contributed by atoms with Gasteiger partial charge in [0.2, 0.25) is 11.7 Å². The maximum atomic E-state index is 12.4. The third-order valence-corrected chi connectivity index (χ3v) is 3.79. The van der Waals surface area contributed by atoms with Gasteiger partial charge < -0.3 is 14.8 Å². The summed E-state index contributed by atoms with van der Waals surface area (Å²) in [6.07, 6.45) is -0.943. The van der Waals surface area contributed by atoms with Gasteiger partial charge in [0.15, 0.2) is 6.10 Å². The number of methoxy groups -OCH3 is 1. The lowest BCUT2D eigenvalue weighted by atomic mass is 10.1. The van der Waals surface area contributed by atoms with E-state index < -0.39 is 12.1 Å². The van der Waals surface area contributed by atoms with Crippen LogP contribution < -0.4 is 10.1 Å². The van der Waals surface area contributed by atoms with Crippen molar-refractivity contribution in [3.8, 4) is 5.75 Å². The zero-order chi connectivity index (χ0) is 19.3. The summed E-state index contributed by atoms with van der Waals surface area (Å²) in [6, 6.07) is 11.3. The van der Waals surface area contributed by atoms with Crippen molar-refractivity contribution in [1.29, 1.82) is 0 Å². The van der Waals surface area contributed by atoms with Gasteiger partial charge in [-0.3, -0.25) is 9.59 Å². The van der Waals surface area contributed by atoms with Crippen LogP contribution >= 0.6 is 0 Å². The second-order valence-corrected chi connectivity index (χ2v) is 5.85. The Labute approximate surface area is 152 Å². The molecule has 2 aromatic rings. The van der Waals surface area contributed by atoms with Crippen LogP contribution in [0.15, 0.2) is 42.5 Å². The Morgan fingerprint density at radius 1 is 1.00 bits per heavy atom. The van der Waals surface area contributed by atoms with Gasteiger partial charge in [-0.2, -0.15) is 0 Å². The first-order valence-electron chi connectivity index (χ1n) is 8.09. The number of hydrogen-bond acceptors (Lipinski definition) is 5. The van der Waals surface area contributed by atoms with Crippen LogP contribution in [0.3, 0.4) is 0 Å². The molecular formula is C20H21NO5. The van der Waals surface area contributed by atoms with E-state index >= 15 is 0 Å². The first-order chi connectivity index (χ1) is 12.3. The molecule has 0 unspecified atom stereocenters. The molecule has 0 fully saturated rings. The van der Waals surface area contributed by atoms with E-state index in [1.54, 1.807) is 42.5 Å². The lowest BCUT2D eigenvalue weighted by molar-refractivity contribution is -0.114. The molecule has 0 aromatic heterocycles. The maximum Gasteiger partial charge on any atom is 0.338 e. The highest BCUT2D eigenvalue weighted by Gasteiger charge is 2.21. The number of aryl methyl sites for hydroxylation is 1. The van der Waals surface area contributed by atoms with Crippen molar-refractivity contribution in [1.82, 2.24) is 0 Å². The van der Waals surface area contributed by atoms with Crippen LogP contribution in [0.4, 0.5) is 5.69 Å². The number of hydrogen-bond donors (Lipinski definition) is 1. The predicted molar refractivity (Wildman–Crippen MR) is 97.7 cm³/mol. The van der Waals surface area contributed by atoms with E-state index in [1.165, 1.54) is 21.0 Å². The van der Waals surface area contributed by atoms with Crippen molar-refractivity contribution in [2.75, 3.05) is 12.4 Å². The molecule has 1 atom stereocenters. The Morgan fingerprint density at radius 3 is 2.19 bits per heavy atom. The molecular weight excluding hydrogens is 334 g/mol. The molecule has 0 heterocycles. The number of carbonyl (C=O) groups is 3. The largest absolute Gasteiger partial charge is 0.496 e. The van der Waals surface area contributed by atoms with E-state index in [9.17, 15) is 14.4 Å². The molecule has 0 radical (unpaired) electrons. The average Bonchev–Trinajstić information content (AvgIpc) is 2.61. The second kappa shape index (κ2) is 8.29. The smallest absolute Gasteiger partial charge is 0.338 e. The van der Waals surface area contributed by atoms with Gasteiger partial charge in [0.1, 0.15) is 5.75 Å². The molecule has 26 heavy (non-hydrogen) atoms. The van der Waals surface area contributed by atoms with Crippen LogP contribution in [0, 0.1) is 6.92 Å². The van der Waals surface area contributed by atoms with Gasteiger partial charge in [-0.1, -0.05) is 6.07 Å². The molecule has 0 aliphatic heterocycles. The number of amides is 1. The van der Waals surface area contributed by atoms with Gasteiger partial charge in [-0.15, -0.1) is 0 Å². The second-order valence-electron chi connectivity index (χ2n) is 5.85. The molecule has 6 heteroatoms. The van der Waals surface area contributed by atoms with Crippen molar-refractivity contribution < 1.29 is 23.9 Å². The standard InChI is InChI=1S/C20H21NO5/c1-12-5-6-16(11-18(12)25-4)20(24)26-13(2)19(23)15-7-9-17(10-8-15)21-14(3)22/h5-11,13H,1-4H3,(H,21,22)/t13-/m1/s1. The van der Waals surface area contributed by atoms with Crippen molar-refractivity contribution in [3.63, 3.8) is 0 Å². The number of benzene rings is 2. The highest BCUT2D eigenvalue weighted by Crippen LogP contribution is 2.20. The molecule has 0 aliphatic rings. The van der Waals surface area contributed by atoms with Crippen LogP contribution in [-0.4, -0.2) is 30.9 Å². The Morgan fingerprint density at radius 2 is 1.62 bits per heavy atom. The summed E-state index contributed by atoms with van der Waals surface area (Å²) in [4.78, 5) is 35.7. The van der Waals surface area contributed by atoms with E-state index in [1.807, 2.05) is 6.92 Å². The lowest BCUT2D eigenvalue weighted by Gasteiger charge is -2.13. The number of Topliss-reactive ketones (excluding diaryl/α,β-unsaturated/α-hetero) is 1. The molecule has 0 bridgehead atoms. The first kappa shape index (κ1) is 19.2. The first-order valence-corrected chi connectivity index (χ1v) is 8.09. The molecule has 2 aromatic carbocycles. The third kappa shape index (κ3) is 4.69. The number of esters is 1. The minimum atomic E-state index is -0.943. The van der Waals surface area contributed by atoms with Crippen LogP contribution in [0.5, 0.6) is 5.75 Å². The number of ether oxygens (including phenoxy) is 2. The minimum Gasteiger partial charge on any atom is -0.496 e. The summed E-state index contributed by atoms with van der Waals surface area (Å²) in [5, 5.41) is 2.62. The highest BCUT2D eigenvalue weighted by atomic mass is 16.5. The fraction of sp³-hybridized carbons (Fsp3) is 0.250. The number of carbonyl (C=O) groups excluding carboxylic acids is 3. The Kier molecular flexibility index (Phi) is 6.11. The van der Waals surface area contributed by atoms with Gasteiger partial charge in [0.25, 0.3) is 0 Å². The van der Waals surface area contributed by atoms with E-state index in [4.69, 9.17) is 9.47 Å². The Hall–Kier alpha value is -3.15. The Bertz CT molecular complexity index is 827. The zero-order valence-electron chi connectivity index (χ0n) is 15.2. The van der Waals surface area contributed by atoms with Crippen molar-refractivity contribution in [2.45, 2.75) is 26.9 Å². The van der Waals surface area contributed by atoms with Crippen LogP contribution in [0.2, 0.25) is 0 Å². The fourth-order valence-corrected chi connectivity index (χ4v) is 2.38. The van der Waals surface area contributed by atoms with Crippen molar-refractivity contribution in [2.24, 2.45) is 0 Å². The SMILES string of the molecule is COc1cc(C(=O)O[C@H](C)C(=O)c2ccc(NC(C)=O)cc2)ccc1C. The number of nitrogens with one attached hydrogen (secondary N) is 1. The molecule has 0 aliphatic carbocycles. The van der Waals surface area contributed by atoms with Gasteiger partial charge in [-0.05, 0) is 55.8 Å². The van der Waals surface area contributed by atoms with Gasteiger partial charge in [0.05, 0.1) is 12.7 Å². The summed E-state index contributed by atoms with van der Waals surface area (Å²) >= 11 is 0. The number of ketones is 1. The van der Waals surface area contributed by atoms with Gasteiger partial charge in [0, 0.05) is 18.2 Å². The number of anilines is 1. The lowest BCUT2D eigenvalue weighted by Crippen LogP contribution is -2.24. The fourth-order valence-electron chi connectivity index (χ4n) is 2.38. The van der Waals surface area contributed by atoms with Crippen molar-refractivity contribution >= 4 is 23.3 Å². The monoisotopic (exact) mass is 355 g/mol. The molecule has 6 nitrogen and oxygen atoms in total. The minimum absolute atomic E-state index is 0.195. The zero-order valence-corrected chi connectivity index (χ0v) is 15.2. The van der Waals surface area contributed by atoms with E-state index in [2.05, 4.69) is 5.32 Å². The van der Waals surface area contributed by atoms with Crippen LogP contribution in [-0.2, 0) is 9.53 Å². The summed E-state index contributed by atoms with van der Waals surface area (Å²) < 4.78 is 10.5. The molecule has 136 valence electrons. The average molecular weight is 355 g/mol.